The number of ether oxygens (including phenoxy) is 1. The molecular weight excluding hydrogens is 260 g/mol. The van der Waals surface area contributed by atoms with Crippen molar-refractivity contribution in [2.45, 2.75) is 38.3 Å². The molecule has 110 valence electrons. The maximum atomic E-state index is 6.14. The maximum absolute atomic E-state index is 6.14. The first-order valence-corrected chi connectivity index (χ1v) is 7.70. The molecule has 2 aromatic carbocycles. The zero-order valence-electron chi connectivity index (χ0n) is 12.2. The van der Waals surface area contributed by atoms with Crippen LogP contribution in [0.25, 0.3) is 0 Å². The fourth-order valence-corrected chi connectivity index (χ4v) is 2.71. The average molecular weight is 282 g/mol. The molecule has 1 fully saturated rings. The Balaban J connectivity index is 1.57. The van der Waals surface area contributed by atoms with Crippen LogP contribution in [0.2, 0.25) is 0 Å². The summed E-state index contributed by atoms with van der Waals surface area (Å²) in [4.78, 5) is 0. The third kappa shape index (κ3) is 3.99. The van der Waals surface area contributed by atoms with E-state index in [9.17, 15) is 0 Å². The second-order valence-corrected chi connectivity index (χ2v) is 5.48. The molecule has 3 heteroatoms. The Bertz CT molecular complexity index is 550. The summed E-state index contributed by atoms with van der Waals surface area (Å²) in [5.41, 5.74) is 8.71. The summed E-state index contributed by atoms with van der Waals surface area (Å²) in [6.07, 6.45) is 5.35. The van der Waals surface area contributed by atoms with Gasteiger partial charge < -0.3 is 10.2 Å². The second-order valence-electron chi connectivity index (χ2n) is 5.48. The van der Waals surface area contributed by atoms with Gasteiger partial charge in [0.05, 0.1) is 6.10 Å². The van der Waals surface area contributed by atoms with E-state index in [1.807, 2.05) is 36.4 Å². The molecule has 0 spiro atoms. The average Bonchev–Trinajstić information content (AvgIpc) is 3.03. The molecule has 2 aromatic rings. The van der Waals surface area contributed by atoms with Crippen molar-refractivity contribution in [2.75, 3.05) is 5.43 Å². The van der Waals surface area contributed by atoms with Crippen molar-refractivity contribution in [2.24, 2.45) is 0 Å². The Morgan fingerprint density at radius 1 is 0.905 bits per heavy atom. The van der Waals surface area contributed by atoms with Crippen molar-refractivity contribution in [3.8, 4) is 5.75 Å². The van der Waals surface area contributed by atoms with Crippen LogP contribution in [-0.4, -0.2) is 6.10 Å². The van der Waals surface area contributed by atoms with Gasteiger partial charge >= 0.3 is 0 Å². The van der Waals surface area contributed by atoms with Gasteiger partial charge in [0.25, 0.3) is 0 Å². The van der Waals surface area contributed by atoms with Gasteiger partial charge in [-0.25, -0.2) is 5.43 Å². The lowest BCUT2D eigenvalue weighted by Gasteiger charge is -2.17. The first-order chi connectivity index (χ1) is 10.4. The first-order valence-electron chi connectivity index (χ1n) is 7.70. The molecule has 2 N–H and O–H groups in total. The summed E-state index contributed by atoms with van der Waals surface area (Å²) in [5, 5.41) is 0. The van der Waals surface area contributed by atoms with Crippen molar-refractivity contribution >= 4 is 5.69 Å². The Kier molecular flexibility index (Phi) is 4.74. The summed E-state index contributed by atoms with van der Waals surface area (Å²) in [7, 11) is 0. The minimum atomic E-state index is 0.397. The van der Waals surface area contributed by atoms with E-state index in [0.717, 1.165) is 18.0 Å². The summed E-state index contributed by atoms with van der Waals surface area (Å²) in [5.74, 6) is 1.01. The summed E-state index contributed by atoms with van der Waals surface area (Å²) >= 11 is 0. The number of hydrazine groups is 1. The topological polar surface area (TPSA) is 33.3 Å². The van der Waals surface area contributed by atoms with E-state index in [-0.39, 0.29) is 0 Å². The fourth-order valence-electron chi connectivity index (χ4n) is 2.71. The van der Waals surface area contributed by atoms with Gasteiger partial charge in [0.1, 0.15) is 5.75 Å². The van der Waals surface area contributed by atoms with Gasteiger partial charge in [0.2, 0.25) is 0 Å². The fraction of sp³-hybridized carbons (Fsp3) is 0.333. The molecule has 0 heterocycles. The number of anilines is 1. The van der Waals surface area contributed by atoms with Crippen LogP contribution < -0.4 is 15.6 Å². The van der Waals surface area contributed by atoms with Crippen LogP contribution in [0.3, 0.4) is 0 Å². The Labute approximate surface area is 126 Å². The summed E-state index contributed by atoms with van der Waals surface area (Å²) in [6, 6.07) is 18.4. The lowest BCUT2D eigenvalue weighted by atomic mass is 10.2. The maximum Gasteiger partial charge on any atom is 0.124 e. The third-order valence-electron chi connectivity index (χ3n) is 3.85. The largest absolute Gasteiger partial charge is 0.490 e. The SMILES string of the molecule is c1ccc(NNCc2ccccc2OC2CCCC2)cc1. The van der Waals surface area contributed by atoms with Crippen LogP contribution in [0.4, 0.5) is 5.69 Å². The smallest absolute Gasteiger partial charge is 0.124 e. The molecule has 0 unspecified atom stereocenters. The highest BCUT2D eigenvalue weighted by Crippen LogP contribution is 2.26. The van der Waals surface area contributed by atoms with Crippen molar-refractivity contribution in [3.63, 3.8) is 0 Å². The van der Waals surface area contributed by atoms with Gasteiger partial charge in [-0.1, -0.05) is 36.4 Å². The molecule has 0 atom stereocenters. The molecule has 1 aliphatic carbocycles. The highest BCUT2D eigenvalue weighted by Gasteiger charge is 2.17. The van der Waals surface area contributed by atoms with Crippen molar-refractivity contribution in [1.29, 1.82) is 0 Å². The molecule has 0 saturated heterocycles. The first kappa shape index (κ1) is 14.0. The predicted octanol–water partition coefficient (Wildman–Crippen LogP) is 4.12. The predicted molar refractivity (Wildman–Crippen MR) is 86.2 cm³/mol. The van der Waals surface area contributed by atoms with E-state index in [1.54, 1.807) is 0 Å². The normalized spacial score (nSPS) is 15.0. The number of rotatable bonds is 6. The van der Waals surface area contributed by atoms with Gasteiger partial charge in [0, 0.05) is 17.8 Å². The quantitative estimate of drug-likeness (QED) is 0.782. The van der Waals surface area contributed by atoms with E-state index in [0.29, 0.717) is 6.10 Å². The standard InChI is InChI=1S/C18H22N2O/c1-2-9-16(10-3-1)20-19-14-15-8-4-7-13-18(15)21-17-11-5-6-12-17/h1-4,7-10,13,17,19-20H,5-6,11-12,14H2. The number of para-hydroxylation sites is 2. The number of hydrogen-bond donors (Lipinski definition) is 2. The van der Waals surface area contributed by atoms with Crippen LogP contribution in [0, 0.1) is 0 Å². The highest BCUT2D eigenvalue weighted by molar-refractivity contribution is 5.41. The number of nitrogens with one attached hydrogen (secondary N) is 2. The molecule has 0 radical (unpaired) electrons. The second kappa shape index (κ2) is 7.14. The number of hydrogen-bond acceptors (Lipinski definition) is 3. The molecule has 0 bridgehead atoms. The van der Waals surface area contributed by atoms with Crippen LogP contribution in [-0.2, 0) is 6.54 Å². The molecule has 21 heavy (non-hydrogen) atoms. The van der Waals surface area contributed by atoms with E-state index in [1.165, 1.54) is 31.2 Å². The van der Waals surface area contributed by atoms with Crippen LogP contribution in [0.5, 0.6) is 5.75 Å². The van der Waals surface area contributed by atoms with Gasteiger partial charge in [-0.15, -0.1) is 0 Å². The molecule has 0 aromatic heterocycles. The van der Waals surface area contributed by atoms with E-state index in [4.69, 9.17) is 4.74 Å². The van der Waals surface area contributed by atoms with Crippen molar-refractivity contribution in [3.05, 3.63) is 60.2 Å². The Hall–Kier alpha value is -2.00. The zero-order chi connectivity index (χ0) is 14.3. The molecule has 0 amide bonds. The Morgan fingerprint density at radius 3 is 2.43 bits per heavy atom. The van der Waals surface area contributed by atoms with Crippen LogP contribution >= 0.6 is 0 Å². The molecule has 3 rings (SSSR count). The summed E-state index contributed by atoms with van der Waals surface area (Å²) < 4.78 is 6.14. The monoisotopic (exact) mass is 282 g/mol. The lowest BCUT2D eigenvalue weighted by molar-refractivity contribution is 0.207. The minimum Gasteiger partial charge on any atom is -0.490 e. The third-order valence-corrected chi connectivity index (χ3v) is 3.85. The molecule has 1 aliphatic rings. The Morgan fingerprint density at radius 2 is 1.62 bits per heavy atom. The minimum absolute atomic E-state index is 0.397. The molecule has 1 saturated carbocycles. The molecular formula is C18H22N2O. The van der Waals surface area contributed by atoms with Gasteiger partial charge in [-0.05, 0) is 43.9 Å². The lowest BCUT2D eigenvalue weighted by Crippen LogP contribution is -2.22. The van der Waals surface area contributed by atoms with Gasteiger partial charge in [-0.3, -0.25) is 0 Å². The van der Waals surface area contributed by atoms with E-state index in [2.05, 4.69) is 29.1 Å². The van der Waals surface area contributed by atoms with Gasteiger partial charge in [0.15, 0.2) is 0 Å². The molecule has 0 aliphatic heterocycles. The van der Waals surface area contributed by atoms with Crippen molar-refractivity contribution < 1.29 is 4.74 Å². The zero-order valence-corrected chi connectivity index (χ0v) is 12.2. The highest BCUT2D eigenvalue weighted by atomic mass is 16.5. The van der Waals surface area contributed by atoms with Gasteiger partial charge in [-0.2, -0.15) is 0 Å². The van der Waals surface area contributed by atoms with Crippen LogP contribution in [0.15, 0.2) is 54.6 Å². The van der Waals surface area contributed by atoms with E-state index >= 15 is 0 Å². The molecule has 3 nitrogen and oxygen atoms in total. The summed E-state index contributed by atoms with van der Waals surface area (Å²) in [6.45, 7) is 0.734. The number of benzene rings is 2. The van der Waals surface area contributed by atoms with Crippen LogP contribution in [0.1, 0.15) is 31.2 Å². The van der Waals surface area contributed by atoms with E-state index < -0.39 is 0 Å². The van der Waals surface area contributed by atoms with Crippen molar-refractivity contribution in [1.82, 2.24) is 5.43 Å².